The summed E-state index contributed by atoms with van der Waals surface area (Å²) in [6.45, 7) is 4.30. The van der Waals surface area contributed by atoms with Gasteiger partial charge in [0.2, 0.25) is 0 Å². The zero-order valence-electron chi connectivity index (χ0n) is 24.3. The summed E-state index contributed by atoms with van der Waals surface area (Å²) in [6.07, 6.45) is 3.25. The summed E-state index contributed by atoms with van der Waals surface area (Å²) < 4.78 is 9.88. The quantitative estimate of drug-likeness (QED) is 0.207. The van der Waals surface area contributed by atoms with Crippen LogP contribution in [0.5, 0.6) is 0 Å². The number of anilines is 3. The van der Waals surface area contributed by atoms with E-state index in [4.69, 9.17) is 16.3 Å². The minimum atomic E-state index is -0.487. The molecule has 0 atom stereocenters. The van der Waals surface area contributed by atoms with Crippen LogP contribution < -0.4 is 21.3 Å². The van der Waals surface area contributed by atoms with E-state index in [9.17, 15) is 19.2 Å². The van der Waals surface area contributed by atoms with Gasteiger partial charge in [-0.2, -0.15) is 5.10 Å². The normalized spacial score (nSPS) is 13.5. The van der Waals surface area contributed by atoms with Crippen LogP contribution in [0.15, 0.2) is 42.0 Å². The summed E-state index contributed by atoms with van der Waals surface area (Å²) in [5.74, 6) is -1.42. The topological polar surface area (TPSA) is 157 Å². The summed E-state index contributed by atoms with van der Waals surface area (Å²) in [5, 5.41) is 17.4. The monoisotopic (exact) mass is 641 g/mol. The van der Waals surface area contributed by atoms with Crippen molar-refractivity contribution < 1.29 is 23.9 Å². The third-order valence-electron chi connectivity index (χ3n) is 6.99. The van der Waals surface area contributed by atoms with Gasteiger partial charge < -0.3 is 35.1 Å². The first-order valence-corrected chi connectivity index (χ1v) is 15.0. The highest BCUT2D eigenvalue weighted by Crippen LogP contribution is 2.24. The van der Waals surface area contributed by atoms with Crippen molar-refractivity contribution in [3.05, 3.63) is 69.0 Å². The lowest BCUT2D eigenvalue weighted by atomic mass is 10.3. The number of nitrogens with zero attached hydrogens (tertiary/aromatic N) is 5. The Labute approximate surface area is 261 Å². The maximum absolute atomic E-state index is 13.1. The lowest BCUT2D eigenvalue weighted by Gasteiger charge is -2.26. The van der Waals surface area contributed by atoms with Crippen LogP contribution in [0.3, 0.4) is 0 Å². The fourth-order valence-electron chi connectivity index (χ4n) is 4.72. The van der Waals surface area contributed by atoms with E-state index in [0.717, 1.165) is 19.6 Å². The molecule has 5 rings (SSSR count). The smallest absolute Gasteiger partial charge is 0.274 e. The number of aromatic nitrogens is 4. The minimum Gasteiger partial charge on any atom is -0.379 e. The molecule has 44 heavy (non-hydrogen) atoms. The summed E-state index contributed by atoms with van der Waals surface area (Å²) in [5.41, 5.74) is 1.70. The van der Waals surface area contributed by atoms with Crippen LogP contribution in [-0.4, -0.2) is 86.8 Å². The predicted octanol–water partition coefficient (Wildman–Crippen LogP) is 2.63. The molecule has 4 aromatic rings. The SMILES string of the molecule is Cn1cc(NC(=O)c2cc(NC(=O)c3cc(NC(=O)c4sccc4Cl)cn3C)nn2C)cc1C(=O)NCCN1CCOCC1. The fraction of sp³-hybridized carbons (Fsp3) is 0.321. The number of hydrogen-bond acceptors (Lipinski definition) is 8. The van der Waals surface area contributed by atoms with Gasteiger partial charge in [0.05, 0.1) is 29.6 Å². The summed E-state index contributed by atoms with van der Waals surface area (Å²) in [6, 6.07) is 6.20. The Balaban J connectivity index is 1.17. The Hall–Kier alpha value is -4.44. The predicted molar refractivity (Wildman–Crippen MR) is 167 cm³/mol. The molecule has 4 aromatic heterocycles. The molecule has 1 saturated heterocycles. The fourth-order valence-corrected chi connectivity index (χ4v) is 5.76. The van der Waals surface area contributed by atoms with Crippen molar-refractivity contribution in [3.63, 3.8) is 0 Å². The molecule has 4 amide bonds. The van der Waals surface area contributed by atoms with Crippen LogP contribution in [0.4, 0.5) is 17.2 Å². The first-order chi connectivity index (χ1) is 21.1. The van der Waals surface area contributed by atoms with Crippen LogP contribution in [-0.2, 0) is 25.9 Å². The van der Waals surface area contributed by atoms with Crippen LogP contribution in [0.25, 0.3) is 0 Å². The van der Waals surface area contributed by atoms with E-state index >= 15 is 0 Å². The van der Waals surface area contributed by atoms with Crippen molar-refractivity contribution in [3.8, 4) is 0 Å². The largest absolute Gasteiger partial charge is 0.379 e. The number of ether oxygens (including phenoxy) is 1. The second-order valence-corrected chi connectivity index (χ2v) is 11.5. The number of carbonyl (C=O) groups is 4. The molecule has 232 valence electrons. The van der Waals surface area contributed by atoms with Gasteiger partial charge in [-0.1, -0.05) is 11.6 Å². The zero-order chi connectivity index (χ0) is 31.4. The van der Waals surface area contributed by atoms with Gasteiger partial charge >= 0.3 is 0 Å². The third kappa shape index (κ3) is 7.19. The van der Waals surface area contributed by atoms with Gasteiger partial charge in [-0.05, 0) is 23.6 Å². The number of thiophene rings is 1. The molecule has 0 bridgehead atoms. The summed E-state index contributed by atoms with van der Waals surface area (Å²) in [7, 11) is 4.97. The molecule has 5 heterocycles. The highest BCUT2D eigenvalue weighted by atomic mass is 35.5. The molecule has 14 nitrogen and oxygen atoms in total. The van der Waals surface area contributed by atoms with E-state index in [1.807, 2.05) is 0 Å². The average molecular weight is 642 g/mol. The van der Waals surface area contributed by atoms with Crippen LogP contribution >= 0.6 is 22.9 Å². The van der Waals surface area contributed by atoms with Crippen molar-refractivity contribution >= 4 is 63.8 Å². The first kappa shape index (κ1) is 31.0. The first-order valence-electron chi connectivity index (χ1n) is 13.7. The Morgan fingerprint density at radius 3 is 2.11 bits per heavy atom. The van der Waals surface area contributed by atoms with Gasteiger partial charge in [0.15, 0.2) is 5.82 Å². The Bertz CT molecular complexity index is 1700. The van der Waals surface area contributed by atoms with Crippen LogP contribution in [0.2, 0.25) is 5.02 Å². The lowest BCUT2D eigenvalue weighted by molar-refractivity contribution is 0.0383. The molecule has 16 heteroatoms. The molecule has 0 spiro atoms. The number of amides is 4. The summed E-state index contributed by atoms with van der Waals surface area (Å²) >= 11 is 7.26. The molecule has 1 aliphatic heterocycles. The molecule has 0 aliphatic carbocycles. The van der Waals surface area contributed by atoms with Crippen LogP contribution in [0.1, 0.15) is 41.1 Å². The van der Waals surface area contributed by atoms with Gasteiger partial charge in [-0.3, -0.25) is 28.8 Å². The summed E-state index contributed by atoms with van der Waals surface area (Å²) in [4.78, 5) is 53.9. The van der Waals surface area contributed by atoms with Crippen molar-refractivity contribution in [2.75, 3.05) is 55.3 Å². The maximum Gasteiger partial charge on any atom is 0.274 e. The number of hydrogen-bond donors (Lipinski definition) is 4. The lowest BCUT2D eigenvalue weighted by Crippen LogP contribution is -2.41. The second kappa shape index (κ2) is 13.5. The molecule has 1 fully saturated rings. The van der Waals surface area contributed by atoms with Crippen LogP contribution in [0, 0.1) is 0 Å². The highest BCUT2D eigenvalue weighted by molar-refractivity contribution is 7.12. The number of halogens is 1. The number of carbonyl (C=O) groups excluding carboxylic acids is 4. The molecular weight excluding hydrogens is 610 g/mol. The third-order valence-corrected chi connectivity index (χ3v) is 8.33. The number of rotatable bonds is 10. The van der Waals surface area contributed by atoms with Gasteiger partial charge in [0.1, 0.15) is 22.0 Å². The van der Waals surface area contributed by atoms with Crippen molar-refractivity contribution in [1.29, 1.82) is 0 Å². The average Bonchev–Trinajstić information content (AvgIpc) is 3.76. The van der Waals surface area contributed by atoms with Gasteiger partial charge in [0.25, 0.3) is 23.6 Å². The number of nitrogens with one attached hydrogen (secondary N) is 4. The molecule has 0 unspecified atom stereocenters. The van der Waals surface area contributed by atoms with Crippen molar-refractivity contribution in [1.82, 2.24) is 29.1 Å². The van der Waals surface area contributed by atoms with Crippen molar-refractivity contribution in [2.24, 2.45) is 21.1 Å². The Morgan fingerprint density at radius 2 is 1.48 bits per heavy atom. The highest BCUT2D eigenvalue weighted by Gasteiger charge is 2.20. The molecule has 0 radical (unpaired) electrons. The van der Waals surface area contributed by atoms with Gasteiger partial charge in [0, 0.05) is 65.8 Å². The van der Waals surface area contributed by atoms with E-state index < -0.39 is 11.8 Å². The molecule has 0 aromatic carbocycles. The zero-order valence-corrected chi connectivity index (χ0v) is 25.9. The van der Waals surface area contributed by atoms with Gasteiger partial charge in [-0.25, -0.2) is 0 Å². The number of aryl methyl sites for hydroxylation is 3. The maximum atomic E-state index is 13.1. The van der Waals surface area contributed by atoms with Crippen molar-refractivity contribution in [2.45, 2.75) is 0 Å². The Kier molecular flexibility index (Phi) is 9.49. The molecular formula is C28H32ClN9O5S. The standard InChI is InChI=1S/C28H32ClN9O5S/c1-35-15-17(12-20(35)25(39)30-5-6-38-7-9-43-10-8-38)31-27(41)22-14-23(34-37(22)3)33-26(40)21-13-18(16-36(21)2)32-28(42)24-19(29)4-11-44-24/h4,11-16H,5-10H2,1-3H3,(H,30,39)(H,31,41)(H,32,42)(H,33,34,40). The molecule has 4 N–H and O–H groups in total. The van der Waals surface area contributed by atoms with E-state index in [-0.39, 0.29) is 29.0 Å². The number of morpholine rings is 1. The Morgan fingerprint density at radius 1 is 0.864 bits per heavy atom. The second-order valence-electron chi connectivity index (χ2n) is 10.2. The van der Waals surface area contributed by atoms with E-state index in [2.05, 4.69) is 31.3 Å². The van der Waals surface area contributed by atoms with E-state index in [1.165, 1.54) is 28.2 Å². The van der Waals surface area contributed by atoms with E-state index in [1.54, 1.807) is 60.2 Å². The van der Waals surface area contributed by atoms with E-state index in [0.29, 0.717) is 46.7 Å². The molecule has 0 saturated carbocycles. The minimum absolute atomic E-state index is 0.160. The molecule has 1 aliphatic rings. The van der Waals surface area contributed by atoms with Gasteiger partial charge in [-0.15, -0.1) is 11.3 Å².